The highest BCUT2D eigenvalue weighted by molar-refractivity contribution is 7.99. The lowest BCUT2D eigenvalue weighted by Gasteiger charge is -2.41. The van der Waals surface area contributed by atoms with E-state index in [0.29, 0.717) is 0 Å². The van der Waals surface area contributed by atoms with Gasteiger partial charge in [0.05, 0.1) is 13.2 Å². The van der Waals surface area contributed by atoms with Crippen LogP contribution in [-0.2, 0) is 62.3 Å². The molecule has 11 amide bonds. The highest BCUT2D eigenvalue weighted by Gasteiger charge is 2.46. The lowest BCUT2D eigenvalue weighted by molar-refractivity contribution is -0.157. The lowest BCUT2D eigenvalue weighted by atomic mass is 9.91. The second-order valence-electron chi connectivity index (χ2n) is 28.0. The third-order valence-corrected chi connectivity index (χ3v) is 18.6. The number of likely N-dealkylation sites (N-methyl/N-ethyl adjacent to an activating group) is 7. The maximum atomic E-state index is 15.3. The van der Waals surface area contributed by atoms with Crippen molar-refractivity contribution in [3.05, 3.63) is 12.2 Å². The number of rotatable bonds is 20. The molecule has 1 rings (SSSR count). The summed E-state index contributed by atoms with van der Waals surface area (Å²) in [4.78, 5) is 185. The molecule has 0 aliphatic carbocycles. The highest BCUT2D eigenvalue weighted by Crippen LogP contribution is 2.26. The van der Waals surface area contributed by atoms with E-state index in [2.05, 4.69) is 21.3 Å². The molecular formula is C67H120N12O14S. The number of thioether (sulfide) groups is 1. The number of amides is 11. The van der Waals surface area contributed by atoms with Crippen molar-refractivity contribution < 1.29 is 67.4 Å². The molecule has 0 bridgehead atoms. The fraction of sp³-hybridized carbons (Fsp3) is 0.791. The number of aliphatic hydroxyl groups is 1. The maximum absolute atomic E-state index is 15.3. The fourth-order valence-electron chi connectivity index (χ4n) is 11.5. The number of ether oxygens (including phenoxy) is 1. The zero-order chi connectivity index (χ0) is 72.8. The first-order valence-corrected chi connectivity index (χ1v) is 34.4. The van der Waals surface area contributed by atoms with Crippen molar-refractivity contribution in [3.8, 4) is 0 Å². The Morgan fingerprint density at radius 3 is 1.36 bits per heavy atom. The Morgan fingerprint density at radius 1 is 0.511 bits per heavy atom. The predicted octanol–water partition coefficient (Wildman–Crippen LogP) is 2.87. The van der Waals surface area contributed by atoms with Gasteiger partial charge in [0.2, 0.25) is 65.0 Å². The normalized spacial score (nSPS) is 26.5. The van der Waals surface area contributed by atoms with E-state index in [1.807, 2.05) is 55.4 Å². The molecule has 0 saturated carbocycles. The minimum Gasteiger partial charge on any atom is -0.468 e. The third kappa shape index (κ3) is 24.1. The van der Waals surface area contributed by atoms with Crippen molar-refractivity contribution in [3.63, 3.8) is 0 Å². The molecule has 538 valence electrons. The van der Waals surface area contributed by atoms with Crippen LogP contribution in [0, 0.1) is 41.4 Å². The number of allylic oxidation sites excluding steroid dienone is 2. The van der Waals surface area contributed by atoms with Crippen LogP contribution in [0.4, 0.5) is 0 Å². The smallest absolute Gasteiger partial charge is 0.323 e. The average Bonchev–Trinajstić information content (AvgIpc) is 0.810. The summed E-state index contributed by atoms with van der Waals surface area (Å²) >= 11 is 1.05. The number of esters is 1. The number of methoxy groups -OCH3 is 1. The molecule has 1 saturated heterocycles. The zero-order valence-electron chi connectivity index (χ0n) is 61.2. The topological polar surface area (TPSA) is 331 Å². The van der Waals surface area contributed by atoms with Crippen LogP contribution in [0.3, 0.4) is 0 Å². The number of nitrogens with zero attached hydrogens (tertiary/aromatic N) is 7. The molecule has 1 aliphatic rings. The van der Waals surface area contributed by atoms with Gasteiger partial charge in [-0.3, -0.25) is 57.5 Å². The summed E-state index contributed by atoms with van der Waals surface area (Å²) in [5, 5.41) is 23.3. The fourth-order valence-corrected chi connectivity index (χ4v) is 12.6. The van der Waals surface area contributed by atoms with Crippen molar-refractivity contribution in [2.24, 2.45) is 47.2 Å². The highest BCUT2D eigenvalue weighted by atomic mass is 32.2. The summed E-state index contributed by atoms with van der Waals surface area (Å²) in [7, 11) is 11.0. The number of nitrogens with two attached hydrogens (primary N) is 1. The second-order valence-corrected chi connectivity index (χ2v) is 29.0. The molecule has 94 heavy (non-hydrogen) atoms. The van der Waals surface area contributed by atoms with Crippen molar-refractivity contribution in [2.45, 2.75) is 235 Å². The number of hydrogen-bond donors (Lipinski definition) is 6. The molecule has 7 N–H and O–H groups in total. The van der Waals surface area contributed by atoms with E-state index in [-0.39, 0.29) is 73.7 Å². The Morgan fingerprint density at radius 2 is 0.915 bits per heavy atom. The standard InChI is InChI=1S/C67H120N12O14S/c1-26-28-29-42(15)55(80)54-59(84)71-46(27-2)61(86)77(22)51(35-94-34-45(68)67(92)93-25)64(89)73(18)48(31-37(5)6)58(83)72-52(40(11)12)65(90)74(19)47(30-36(3)4)57(82)69-43(16)56(81)70-44(17)60(85)75(20)49(32-38(7)8)62(87)76(21)50(33-39(9)10)63(88)78(23)53(41(13)14)66(91)79(54)24/h26,28,36-55,80H,27,29-35,68H2,1-25H3,(H,69,82)(H,70,81)(H,71,84)(H,72,83)/t42-,43-,44+,45+,46-,47-,48+,49-,50-,51-,52-,53-,54-,55-/m1/s1. The number of carbonyl (C=O) groups excluding carboxylic acids is 12. The number of hydrogen-bond acceptors (Lipinski definition) is 16. The molecule has 27 heteroatoms. The Hall–Kier alpha value is -6.35. The van der Waals surface area contributed by atoms with Crippen LogP contribution in [-0.4, -0.2) is 257 Å². The van der Waals surface area contributed by atoms with Crippen LogP contribution in [0.25, 0.3) is 0 Å². The number of aliphatic hydroxyl groups excluding tert-OH is 1. The zero-order valence-corrected chi connectivity index (χ0v) is 62.0. The van der Waals surface area contributed by atoms with Crippen LogP contribution in [0.2, 0.25) is 0 Å². The van der Waals surface area contributed by atoms with E-state index in [9.17, 15) is 33.9 Å². The van der Waals surface area contributed by atoms with Crippen molar-refractivity contribution in [2.75, 3.05) is 67.9 Å². The average molecular weight is 1350 g/mol. The van der Waals surface area contributed by atoms with Gasteiger partial charge in [-0.25, -0.2) is 0 Å². The van der Waals surface area contributed by atoms with Crippen LogP contribution in [0.5, 0.6) is 0 Å². The molecule has 14 atom stereocenters. The van der Waals surface area contributed by atoms with E-state index in [0.717, 1.165) is 21.6 Å². The molecule has 0 aromatic carbocycles. The van der Waals surface area contributed by atoms with Crippen LogP contribution >= 0.6 is 11.8 Å². The first-order valence-electron chi connectivity index (χ1n) is 33.3. The van der Waals surface area contributed by atoms with Gasteiger partial charge in [-0.15, -0.1) is 0 Å². The molecule has 1 fully saturated rings. The van der Waals surface area contributed by atoms with Gasteiger partial charge in [0.25, 0.3) is 0 Å². The van der Waals surface area contributed by atoms with E-state index >= 15 is 28.8 Å². The Labute approximate surface area is 565 Å². The van der Waals surface area contributed by atoms with Gasteiger partial charge >= 0.3 is 5.97 Å². The minimum atomic E-state index is -1.69. The van der Waals surface area contributed by atoms with Crippen molar-refractivity contribution >= 4 is 82.7 Å². The summed E-state index contributed by atoms with van der Waals surface area (Å²) in [6.45, 7) is 29.6. The van der Waals surface area contributed by atoms with Crippen LogP contribution in [0.15, 0.2) is 12.2 Å². The number of carbonyl (C=O) groups is 12. The summed E-state index contributed by atoms with van der Waals surface area (Å²) < 4.78 is 4.84. The van der Waals surface area contributed by atoms with Gasteiger partial charge in [-0.1, -0.05) is 109 Å². The van der Waals surface area contributed by atoms with Gasteiger partial charge in [-0.2, -0.15) is 11.8 Å². The molecule has 0 aromatic rings. The Kier molecular flexibility index (Phi) is 36.1. The quantitative estimate of drug-likeness (QED) is 0.0754. The van der Waals surface area contributed by atoms with E-state index in [1.54, 1.807) is 60.6 Å². The monoisotopic (exact) mass is 1350 g/mol. The summed E-state index contributed by atoms with van der Waals surface area (Å²) in [6.07, 6.45) is 2.63. The SMILES string of the molecule is CC=CC[C@@H](C)[C@@H](O)[C@@H]1C(=O)N[C@H](CC)C(=O)N(C)[C@H](CSC[C@H](N)C(=O)OC)C(=O)N(C)[C@@H](CC(C)C)C(=O)N[C@H](C(C)C)C(=O)N(C)[C@H](CC(C)C)C(=O)N[C@H](C)C(=O)N[C@@H](C)C(=O)N(C)[C@H](CC(C)C)C(=O)N(C)[C@H](CC(C)C)C(=O)N(C)[C@H](C(C)C)C(=O)N1C. The Bertz CT molecular complexity index is 2600. The molecule has 26 nitrogen and oxygen atoms in total. The molecule has 0 unspecified atom stereocenters. The Balaban J connectivity index is 4.57. The molecule has 0 spiro atoms. The number of nitrogens with one attached hydrogen (secondary N) is 4. The van der Waals surface area contributed by atoms with E-state index in [1.165, 1.54) is 94.8 Å². The van der Waals surface area contributed by atoms with Gasteiger partial charge in [0, 0.05) is 60.8 Å². The second kappa shape index (κ2) is 39.6. The first kappa shape index (κ1) is 85.7. The van der Waals surface area contributed by atoms with Gasteiger partial charge in [0.15, 0.2) is 0 Å². The summed E-state index contributed by atoms with van der Waals surface area (Å²) in [5.41, 5.74) is 6.14. The van der Waals surface area contributed by atoms with Crippen molar-refractivity contribution in [1.82, 2.24) is 55.6 Å². The van der Waals surface area contributed by atoms with Gasteiger partial charge in [0.1, 0.15) is 72.5 Å². The maximum Gasteiger partial charge on any atom is 0.323 e. The summed E-state index contributed by atoms with van der Waals surface area (Å²) in [5.74, 6) is -11.6. The van der Waals surface area contributed by atoms with E-state index in [4.69, 9.17) is 10.5 Å². The minimum absolute atomic E-state index is 0.0625. The molecule has 1 aliphatic heterocycles. The third-order valence-electron chi connectivity index (χ3n) is 17.5. The molecule has 0 radical (unpaired) electrons. The molecule has 1 heterocycles. The first-order chi connectivity index (χ1) is 43.5. The summed E-state index contributed by atoms with van der Waals surface area (Å²) in [6, 6.07) is -15.5. The van der Waals surface area contributed by atoms with Gasteiger partial charge in [-0.05, 0) is 101 Å². The van der Waals surface area contributed by atoms with Crippen LogP contribution < -0.4 is 27.0 Å². The molecule has 0 aromatic heterocycles. The lowest BCUT2D eigenvalue weighted by Crippen LogP contribution is -2.64. The molecular weight excluding hydrogens is 1230 g/mol. The van der Waals surface area contributed by atoms with Gasteiger partial charge < -0.3 is 71.1 Å². The van der Waals surface area contributed by atoms with Crippen LogP contribution in [0.1, 0.15) is 156 Å². The predicted molar refractivity (Wildman–Crippen MR) is 365 cm³/mol. The largest absolute Gasteiger partial charge is 0.468 e. The van der Waals surface area contributed by atoms with Crippen molar-refractivity contribution in [1.29, 1.82) is 0 Å². The van der Waals surface area contributed by atoms with E-state index < -0.39 is 167 Å².